The van der Waals surface area contributed by atoms with Crippen molar-refractivity contribution in [1.82, 2.24) is 4.90 Å². The largest absolute Gasteiger partial charge is 0.507 e. The number of phenols is 1. The maximum absolute atomic E-state index is 13.7. The Morgan fingerprint density at radius 2 is 1.68 bits per heavy atom. The van der Waals surface area contributed by atoms with Crippen LogP contribution in [0.4, 0.5) is 0 Å². The van der Waals surface area contributed by atoms with Crippen molar-refractivity contribution in [2.24, 2.45) is 5.92 Å². The molecular weight excluding hydrogens is 472 g/mol. The summed E-state index contributed by atoms with van der Waals surface area (Å²) < 4.78 is 5.88. The van der Waals surface area contributed by atoms with E-state index < -0.39 is 0 Å². The number of Topliss-reactive ketones (excluding diaryl/α,β-unsaturated/α-hetero) is 1. The van der Waals surface area contributed by atoms with Crippen LogP contribution in [0.1, 0.15) is 109 Å². The molecule has 2 N–H and O–H groups in total. The van der Waals surface area contributed by atoms with E-state index in [1.807, 2.05) is 43.0 Å². The van der Waals surface area contributed by atoms with Gasteiger partial charge in [-0.05, 0) is 73.8 Å². The van der Waals surface area contributed by atoms with Crippen LogP contribution in [0, 0.1) is 11.3 Å². The summed E-state index contributed by atoms with van der Waals surface area (Å²) in [7, 11) is 0. The number of likely N-dealkylation sites (tertiary alicyclic amines) is 1. The van der Waals surface area contributed by atoms with Crippen LogP contribution in [0.3, 0.4) is 0 Å². The van der Waals surface area contributed by atoms with Gasteiger partial charge in [0, 0.05) is 28.7 Å². The Kier molecular flexibility index (Phi) is 9.00. The van der Waals surface area contributed by atoms with E-state index in [1.54, 1.807) is 0 Å². The second-order valence-electron chi connectivity index (χ2n) is 13.2. The van der Waals surface area contributed by atoms with Gasteiger partial charge in [-0.25, -0.2) is 0 Å². The zero-order valence-corrected chi connectivity index (χ0v) is 24.9. The second kappa shape index (κ2) is 11.5. The van der Waals surface area contributed by atoms with Crippen molar-refractivity contribution in [3.63, 3.8) is 0 Å². The summed E-state index contributed by atoms with van der Waals surface area (Å²) >= 11 is 0. The lowest BCUT2D eigenvalue weighted by Gasteiger charge is -2.29. The molecule has 208 valence electrons. The molecule has 0 aliphatic carbocycles. The van der Waals surface area contributed by atoms with Crippen LogP contribution < -0.4 is 4.74 Å². The van der Waals surface area contributed by atoms with Crippen LogP contribution in [0.5, 0.6) is 11.5 Å². The smallest absolute Gasteiger partial charge is 0.182 e. The highest BCUT2D eigenvalue weighted by molar-refractivity contribution is 6.01. The normalized spacial score (nSPS) is 18.4. The van der Waals surface area contributed by atoms with Crippen molar-refractivity contribution in [1.29, 1.82) is 5.41 Å². The van der Waals surface area contributed by atoms with Gasteiger partial charge in [0.05, 0.1) is 18.5 Å². The van der Waals surface area contributed by atoms with Crippen LogP contribution in [-0.4, -0.2) is 40.3 Å². The number of nitrogens with one attached hydrogen (secondary N) is 1. The molecule has 0 bridgehead atoms. The average molecular weight is 521 g/mol. The first-order valence-electron chi connectivity index (χ1n) is 14.1. The first-order chi connectivity index (χ1) is 17.6. The van der Waals surface area contributed by atoms with Gasteiger partial charge < -0.3 is 14.7 Å². The SMILES string of the molecule is CCCC1CC(Cc2cccc(OC(C)C)c2)C(=N)N1CC(=O)c1cc(C(C)(C)C)c(O)c(C(C)(C)C)c1. The van der Waals surface area contributed by atoms with Gasteiger partial charge in [-0.3, -0.25) is 10.2 Å². The number of amidine groups is 1. The fourth-order valence-corrected chi connectivity index (χ4v) is 5.49. The average Bonchev–Trinajstić information content (AvgIpc) is 3.06. The minimum atomic E-state index is -0.301. The van der Waals surface area contributed by atoms with Crippen molar-refractivity contribution in [3.8, 4) is 11.5 Å². The number of ketones is 1. The molecule has 1 heterocycles. The fourth-order valence-electron chi connectivity index (χ4n) is 5.49. The van der Waals surface area contributed by atoms with Gasteiger partial charge in [-0.15, -0.1) is 0 Å². The van der Waals surface area contributed by atoms with Gasteiger partial charge in [0.2, 0.25) is 0 Å². The summed E-state index contributed by atoms with van der Waals surface area (Å²) in [5, 5.41) is 20.1. The molecule has 0 amide bonds. The van der Waals surface area contributed by atoms with Gasteiger partial charge in [-0.2, -0.15) is 0 Å². The van der Waals surface area contributed by atoms with E-state index in [-0.39, 0.29) is 47.0 Å². The molecule has 1 saturated heterocycles. The molecule has 0 radical (unpaired) electrons. The molecule has 5 heteroatoms. The Morgan fingerprint density at radius 1 is 1.08 bits per heavy atom. The topological polar surface area (TPSA) is 73.6 Å². The second-order valence-corrected chi connectivity index (χ2v) is 13.2. The molecule has 2 aromatic rings. The van der Waals surface area contributed by atoms with Crippen LogP contribution >= 0.6 is 0 Å². The number of carbonyl (C=O) groups is 1. The molecule has 0 aromatic heterocycles. The molecule has 1 aliphatic rings. The predicted molar refractivity (Wildman–Crippen MR) is 157 cm³/mol. The molecular formula is C33H48N2O3. The third-order valence-corrected chi connectivity index (χ3v) is 7.43. The van der Waals surface area contributed by atoms with Gasteiger partial charge in [0.25, 0.3) is 0 Å². The van der Waals surface area contributed by atoms with Crippen molar-refractivity contribution >= 4 is 11.6 Å². The van der Waals surface area contributed by atoms with Crippen LogP contribution in [0.25, 0.3) is 0 Å². The lowest BCUT2D eigenvalue weighted by Crippen LogP contribution is -2.38. The number of hydrogen-bond acceptors (Lipinski definition) is 4. The van der Waals surface area contributed by atoms with E-state index in [0.717, 1.165) is 48.1 Å². The monoisotopic (exact) mass is 520 g/mol. The van der Waals surface area contributed by atoms with E-state index in [1.165, 1.54) is 0 Å². The number of aromatic hydroxyl groups is 1. The number of nitrogens with zero attached hydrogens (tertiary/aromatic N) is 1. The quantitative estimate of drug-likeness (QED) is 0.333. The third kappa shape index (κ3) is 6.98. The number of rotatable bonds is 9. The highest BCUT2D eigenvalue weighted by Crippen LogP contribution is 2.40. The molecule has 2 aromatic carbocycles. The number of hydrogen-bond donors (Lipinski definition) is 2. The lowest BCUT2D eigenvalue weighted by atomic mass is 9.78. The molecule has 0 saturated carbocycles. The lowest BCUT2D eigenvalue weighted by molar-refractivity contribution is 0.0950. The van der Waals surface area contributed by atoms with Crippen molar-refractivity contribution < 1.29 is 14.6 Å². The minimum Gasteiger partial charge on any atom is -0.507 e. The Labute approximate surface area is 230 Å². The molecule has 1 aliphatic heterocycles. The number of phenolic OH excluding ortho intramolecular Hbond substituents is 1. The minimum absolute atomic E-state index is 0.000154. The Balaban J connectivity index is 1.87. The zero-order valence-electron chi connectivity index (χ0n) is 24.9. The van der Waals surface area contributed by atoms with Crippen molar-refractivity contribution in [3.05, 3.63) is 58.7 Å². The van der Waals surface area contributed by atoms with E-state index in [0.29, 0.717) is 11.4 Å². The van der Waals surface area contributed by atoms with Crippen LogP contribution in [0.2, 0.25) is 0 Å². The van der Waals surface area contributed by atoms with Crippen LogP contribution in [0.15, 0.2) is 36.4 Å². The standard InChI is InChI=1S/C33H48N2O3/c1-10-12-25-17-24(15-22-13-11-14-26(16-22)38-21(2)3)31(34)35(25)20-29(36)23-18-27(32(4,5)6)30(37)28(19-23)33(7,8)9/h11,13-14,16,18-19,21,24-25,34,37H,10,12,15,17,20H2,1-9H3. The molecule has 2 atom stereocenters. The molecule has 0 spiro atoms. The predicted octanol–water partition coefficient (Wildman–Crippen LogP) is 7.67. The molecule has 3 rings (SSSR count). The first kappa shape index (κ1) is 29.7. The molecule has 5 nitrogen and oxygen atoms in total. The summed E-state index contributed by atoms with van der Waals surface area (Å²) in [6, 6.07) is 12.1. The first-order valence-corrected chi connectivity index (χ1v) is 14.1. The highest BCUT2D eigenvalue weighted by atomic mass is 16.5. The Hall–Kier alpha value is -2.82. The molecule has 38 heavy (non-hydrogen) atoms. The number of benzene rings is 2. The summed E-state index contributed by atoms with van der Waals surface area (Å²) in [4.78, 5) is 15.8. The summed E-state index contributed by atoms with van der Waals surface area (Å²) in [5.41, 5.74) is 2.74. The summed E-state index contributed by atoms with van der Waals surface area (Å²) in [5.74, 6) is 1.76. The maximum atomic E-state index is 13.7. The summed E-state index contributed by atoms with van der Waals surface area (Å²) in [6.45, 7) is 18.7. The zero-order chi connectivity index (χ0) is 28.4. The number of ether oxygens (including phenoxy) is 1. The van der Waals surface area contributed by atoms with Gasteiger partial charge in [-0.1, -0.05) is 67.0 Å². The van der Waals surface area contributed by atoms with E-state index in [9.17, 15) is 9.90 Å². The van der Waals surface area contributed by atoms with Crippen molar-refractivity contribution in [2.45, 2.75) is 111 Å². The maximum Gasteiger partial charge on any atom is 0.182 e. The highest BCUT2D eigenvalue weighted by Gasteiger charge is 2.37. The van der Waals surface area contributed by atoms with Crippen molar-refractivity contribution in [2.75, 3.05) is 6.54 Å². The van der Waals surface area contributed by atoms with Crippen LogP contribution in [-0.2, 0) is 17.3 Å². The fraction of sp³-hybridized carbons (Fsp3) is 0.576. The molecule has 1 fully saturated rings. The van der Waals surface area contributed by atoms with Gasteiger partial charge in [0.1, 0.15) is 11.5 Å². The van der Waals surface area contributed by atoms with E-state index in [2.05, 4.69) is 60.6 Å². The van der Waals surface area contributed by atoms with E-state index >= 15 is 0 Å². The Bertz CT molecular complexity index is 1120. The molecule has 2 unspecified atom stereocenters. The van der Waals surface area contributed by atoms with Gasteiger partial charge in [0.15, 0.2) is 5.78 Å². The van der Waals surface area contributed by atoms with Gasteiger partial charge >= 0.3 is 0 Å². The van der Waals surface area contributed by atoms with E-state index in [4.69, 9.17) is 10.1 Å². The Morgan fingerprint density at radius 3 is 2.21 bits per heavy atom. The number of carbonyl (C=O) groups excluding carboxylic acids is 1. The summed E-state index contributed by atoms with van der Waals surface area (Å²) in [6.07, 6.45) is 3.72. The third-order valence-electron chi connectivity index (χ3n) is 7.43.